The van der Waals surface area contributed by atoms with Gasteiger partial charge in [-0.2, -0.15) is 21.6 Å². The SMILES string of the molecule is O=C(O)C1=C(OS(=O)(=O)C(F)(F)F)CS[C@@H]2CC(=O)N12. The second-order valence-corrected chi connectivity index (χ2v) is 6.50. The van der Waals surface area contributed by atoms with Crippen LogP contribution in [0.5, 0.6) is 0 Å². The molecule has 0 unspecified atom stereocenters. The van der Waals surface area contributed by atoms with E-state index in [0.29, 0.717) is 0 Å². The van der Waals surface area contributed by atoms with Crippen molar-refractivity contribution >= 4 is 33.8 Å². The molecule has 0 aromatic rings. The first-order valence-corrected chi connectivity index (χ1v) is 7.41. The van der Waals surface area contributed by atoms with Crippen LogP contribution in [0.3, 0.4) is 0 Å². The van der Waals surface area contributed by atoms with Gasteiger partial charge in [0.1, 0.15) is 0 Å². The van der Waals surface area contributed by atoms with Gasteiger partial charge < -0.3 is 9.29 Å². The Morgan fingerprint density at radius 3 is 2.50 bits per heavy atom. The number of carboxylic acid groups (broad SMARTS) is 1. The lowest BCUT2D eigenvalue weighted by molar-refractivity contribution is -0.146. The lowest BCUT2D eigenvalue weighted by Crippen LogP contribution is -2.54. The van der Waals surface area contributed by atoms with Crippen LogP contribution in [0.25, 0.3) is 0 Å². The van der Waals surface area contributed by atoms with E-state index in [2.05, 4.69) is 4.18 Å². The predicted molar refractivity (Wildman–Crippen MR) is 58.4 cm³/mol. The molecular weight excluding hydrogens is 327 g/mol. The van der Waals surface area contributed by atoms with E-state index in [1.54, 1.807) is 0 Å². The molecule has 112 valence electrons. The Morgan fingerprint density at radius 2 is 2.05 bits per heavy atom. The number of nitrogens with zero attached hydrogens (tertiary/aromatic N) is 1. The summed E-state index contributed by atoms with van der Waals surface area (Å²) in [6.45, 7) is 0. The molecule has 1 atom stereocenters. The molecule has 2 aliphatic heterocycles. The maximum atomic E-state index is 12.2. The summed E-state index contributed by atoms with van der Waals surface area (Å²) in [6, 6.07) is 0. The smallest absolute Gasteiger partial charge is 0.476 e. The highest BCUT2D eigenvalue weighted by molar-refractivity contribution is 8.00. The van der Waals surface area contributed by atoms with Crippen LogP contribution in [0, 0.1) is 0 Å². The number of hydrogen-bond acceptors (Lipinski definition) is 6. The summed E-state index contributed by atoms with van der Waals surface area (Å²) < 4.78 is 62.3. The molecule has 2 aliphatic rings. The molecule has 0 aliphatic carbocycles. The summed E-state index contributed by atoms with van der Waals surface area (Å²) in [5, 5.41) is 8.41. The monoisotopic (exact) mass is 333 g/mol. The zero-order valence-electron chi connectivity index (χ0n) is 9.38. The van der Waals surface area contributed by atoms with E-state index in [0.717, 1.165) is 16.7 Å². The number of carboxylic acids is 1. The van der Waals surface area contributed by atoms with Crippen LogP contribution in [0.15, 0.2) is 11.5 Å². The van der Waals surface area contributed by atoms with Crippen molar-refractivity contribution in [2.75, 3.05) is 5.75 Å². The molecule has 0 radical (unpaired) electrons. The molecule has 0 spiro atoms. The Kier molecular flexibility index (Phi) is 3.40. The fraction of sp³-hybridized carbons (Fsp3) is 0.500. The van der Waals surface area contributed by atoms with Crippen LogP contribution in [-0.2, 0) is 23.9 Å². The van der Waals surface area contributed by atoms with E-state index in [1.165, 1.54) is 0 Å². The zero-order chi connectivity index (χ0) is 15.3. The van der Waals surface area contributed by atoms with Crippen LogP contribution in [0.1, 0.15) is 6.42 Å². The first kappa shape index (κ1) is 15.0. The molecule has 20 heavy (non-hydrogen) atoms. The Hall–Kier alpha value is -1.43. The van der Waals surface area contributed by atoms with E-state index in [1.807, 2.05) is 0 Å². The number of alkyl halides is 3. The molecule has 1 amide bonds. The number of fused-ring (bicyclic) bond motifs is 1. The standard InChI is InChI=1S/C8H6F3NO6S2/c9-8(10,11)20(16,17)18-3-2-19-5-1-4(13)12(5)6(3)7(14)15/h5H,1-2H2,(H,14,15)/t5-/m1/s1. The van der Waals surface area contributed by atoms with Crippen LogP contribution in [0.4, 0.5) is 13.2 Å². The summed E-state index contributed by atoms with van der Waals surface area (Å²) in [4.78, 5) is 23.0. The van der Waals surface area contributed by atoms with Gasteiger partial charge in [0.15, 0.2) is 11.5 Å². The maximum absolute atomic E-state index is 12.2. The third kappa shape index (κ3) is 2.32. The number of β-lactam (4-membered cyclic amide) rings is 1. The molecule has 7 nitrogen and oxygen atoms in total. The van der Waals surface area contributed by atoms with E-state index < -0.39 is 44.3 Å². The Balaban J connectivity index is 2.40. The van der Waals surface area contributed by atoms with Crippen LogP contribution in [-0.4, -0.2) is 46.9 Å². The second-order valence-electron chi connectivity index (χ2n) is 3.79. The molecular formula is C8H6F3NO6S2. The number of hydrogen-bond donors (Lipinski definition) is 1. The van der Waals surface area contributed by atoms with Crippen molar-refractivity contribution in [2.45, 2.75) is 17.3 Å². The largest absolute Gasteiger partial charge is 0.534 e. The maximum Gasteiger partial charge on any atom is 0.534 e. The van der Waals surface area contributed by atoms with Gasteiger partial charge in [-0.25, -0.2) is 4.79 Å². The molecule has 1 saturated heterocycles. The normalized spacial score (nSPS) is 23.2. The van der Waals surface area contributed by atoms with Crippen molar-refractivity contribution in [3.8, 4) is 0 Å². The van der Waals surface area contributed by atoms with Crippen molar-refractivity contribution in [3.63, 3.8) is 0 Å². The Morgan fingerprint density at radius 1 is 1.45 bits per heavy atom. The quantitative estimate of drug-likeness (QED) is 0.455. The van der Waals surface area contributed by atoms with Crippen molar-refractivity contribution in [2.24, 2.45) is 0 Å². The number of amides is 1. The number of halogens is 3. The minimum atomic E-state index is -5.97. The molecule has 0 aromatic carbocycles. The fourth-order valence-corrected chi connectivity index (χ4v) is 3.37. The fourth-order valence-electron chi connectivity index (χ4n) is 1.63. The molecule has 2 rings (SSSR count). The number of carbonyl (C=O) groups excluding carboxylic acids is 1. The molecule has 1 fully saturated rings. The van der Waals surface area contributed by atoms with E-state index in [9.17, 15) is 31.2 Å². The van der Waals surface area contributed by atoms with Gasteiger partial charge in [-0.05, 0) is 0 Å². The highest BCUT2D eigenvalue weighted by atomic mass is 32.2. The van der Waals surface area contributed by atoms with Gasteiger partial charge in [-0.15, -0.1) is 11.8 Å². The van der Waals surface area contributed by atoms with Gasteiger partial charge in [0.2, 0.25) is 5.91 Å². The first-order valence-electron chi connectivity index (χ1n) is 4.95. The van der Waals surface area contributed by atoms with Crippen molar-refractivity contribution in [3.05, 3.63) is 11.5 Å². The topological polar surface area (TPSA) is 101 Å². The average molecular weight is 333 g/mol. The summed E-state index contributed by atoms with van der Waals surface area (Å²) in [5.41, 5.74) is -6.54. The van der Waals surface area contributed by atoms with Crippen molar-refractivity contribution < 1.29 is 40.5 Å². The third-order valence-corrected chi connectivity index (χ3v) is 4.69. The molecule has 2 heterocycles. The van der Waals surface area contributed by atoms with Crippen molar-refractivity contribution in [1.29, 1.82) is 0 Å². The van der Waals surface area contributed by atoms with E-state index in [-0.39, 0.29) is 12.2 Å². The molecule has 0 aromatic heterocycles. The zero-order valence-corrected chi connectivity index (χ0v) is 11.0. The molecule has 12 heteroatoms. The third-order valence-electron chi connectivity index (χ3n) is 2.51. The van der Waals surface area contributed by atoms with Crippen molar-refractivity contribution in [1.82, 2.24) is 4.90 Å². The number of aliphatic carboxylic acids is 1. The van der Waals surface area contributed by atoms with Gasteiger partial charge in [0, 0.05) is 0 Å². The Labute approximate surface area is 114 Å². The van der Waals surface area contributed by atoms with Gasteiger partial charge in [-0.1, -0.05) is 0 Å². The lowest BCUT2D eigenvalue weighted by Gasteiger charge is -2.43. The summed E-state index contributed by atoms with van der Waals surface area (Å²) in [5.74, 6) is -3.64. The predicted octanol–water partition coefficient (Wildman–Crippen LogP) is 0.454. The molecule has 0 bridgehead atoms. The van der Waals surface area contributed by atoms with E-state index in [4.69, 9.17) is 5.11 Å². The minimum absolute atomic E-state index is 0.0424. The summed E-state index contributed by atoms with van der Waals surface area (Å²) in [6.07, 6.45) is 0.0424. The molecule has 1 N–H and O–H groups in total. The summed E-state index contributed by atoms with van der Waals surface area (Å²) >= 11 is 0.924. The van der Waals surface area contributed by atoms with Gasteiger partial charge in [-0.3, -0.25) is 9.69 Å². The summed E-state index contributed by atoms with van der Waals surface area (Å²) in [7, 11) is -5.97. The van der Waals surface area contributed by atoms with Crippen LogP contribution >= 0.6 is 11.8 Å². The molecule has 0 saturated carbocycles. The average Bonchev–Trinajstić information content (AvgIpc) is 2.27. The van der Waals surface area contributed by atoms with Crippen LogP contribution < -0.4 is 0 Å². The van der Waals surface area contributed by atoms with E-state index >= 15 is 0 Å². The Bertz CT molecular complexity index is 610. The highest BCUT2D eigenvalue weighted by Crippen LogP contribution is 2.41. The minimum Gasteiger partial charge on any atom is -0.476 e. The second kappa shape index (κ2) is 4.55. The first-order chi connectivity index (χ1) is 9.04. The number of rotatable bonds is 3. The van der Waals surface area contributed by atoms with Gasteiger partial charge in [0.25, 0.3) is 0 Å². The van der Waals surface area contributed by atoms with Gasteiger partial charge in [0.05, 0.1) is 17.5 Å². The number of thioether (sulfide) groups is 1. The van der Waals surface area contributed by atoms with Gasteiger partial charge >= 0.3 is 21.6 Å². The van der Waals surface area contributed by atoms with Crippen LogP contribution in [0.2, 0.25) is 0 Å². The highest BCUT2D eigenvalue weighted by Gasteiger charge is 2.52. The lowest BCUT2D eigenvalue weighted by atomic mass is 10.1. The number of carbonyl (C=O) groups is 2.